The normalized spacial score (nSPS) is 23.7. The summed E-state index contributed by atoms with van der Waals surface area (Å²) in [4.78, 5) is 22.3. The highest BCUT2D eigenvalue weighted by molar-refractivity contribution is 7.87. The van der Waals surface area contributed by atoms with E-state index in [2.05, 4.69) is 40.6 Å². The Morgan fingerprint density at radius 3 is 1.94 bits per heavy atom. The molecule has 33 heavy (non-hydrogen) atoms. The third kappa shape index (κ3) is 5.75. The van der Waals surface area contributed by atoms with E-state index in [9.17, 15) is 31.2 Å². The van der Waals surface area contributed by atoms with E-state index in [1.54, 1.807) is 6.92 Å². The van der Waals surface area contributed by atoms with E-state index < -0.39 is 21.5 Å². The van der Waals surface area contributed by atoms with Crippen molar-refractivity contribution in [1.29, 1.82) is 0 Å². The van der Waals surface area contributed by atoms with Crippen LogP contribution in [-0.4, -0.2) is 25.5 Å². The van der Waals surface area contributed by atoms with Gasteiger partial charge in [-0.15, -0.1) is 0 Å². The molecule has 0 aliphatic heterocycles. The van der Waals surface area contributed by atoms with Gasteiger partial charge in [0, 0.05) is 23.7 Å². The lowest BCUT2D eigenvalue weighted by atomic mass is 9.87. The third-order valence-electron chi connectivity index (χ3n) is 6.45. The summed E-state index contributed by atoms with van der Waals surface area (Å²) in [7, 11) is -5.61. The van der Waals surface area contributed by atoms with E-state index in [1.165, 1.54) is 30.9 Å². The molecule has 0 bridgehead atoms. The fourth-order valence-electron chi connectivity index (χ4n) is 4.38. The van der Waals surface area contributed by atoms with Gasteiger partial charge in [-0.1, -0.05) is 42.0 Å². The van der Waals surface area contributed by atoms with Crippen LogP contribution in [-0.2, 0) is 29.3 Å². The minimum Gasteiger partial charge on any atom is -0.381 e. The van der Waals surface area contributed by atoms with Gasteiger partial charge in [0.15, 0.2) is 0 Å². The second-order valence-corrected chi connectivity index (χ2v) is 10.3. The molecule has 5 nitrogen and oxygen atoms in total. The van der Waals surface area contributed by atoms with Crippen LogP contribution in [0.5, 0.6) is 0 Å². The lowest BCUT2D eigenvalue weighted by Gasteiger charge is -2.17. The highest BCUT2D eigenvalue weighted by Gasteiger charge is 2.49. The predicted molar refractivity (Wildman–Crippen MR) is 116 cm³/mol. The molecule has 0 radical (unpaired) electrons. The van der Waals surface area contributed by atoms with Gasteiger partial charge in [0.1, 0.15) is 17.3 Å². The number of hydrogen-bond donors (Lipinski definition) is 0. The number of carbonyl (C=O) groups is 2. The molecule has 0 aromatic heterocycles. The molecule has 3 aliphatic carbocycles. The third-order valence-corrected chi connectivity index (χ3v) is 7.45. The predicted octanol–water partition coefficient (Wildman–Crippen LogP) is 5.38. The molecule has 1 fully saturated rings. The van der Waals surface area contributed by atoms with Gasteiger partial charge >= 0.3 is 15.6 Å². The van der Waals surface area contributed by atoms with Crippen LogP contribution in [0, 0.1) is 11.8 Å². The Labute approximate surface area is 191 Å². The maximum absolute atomic E-state index is 11.9. The molecule has 9 heteroatoms. The first-order valence-electron chi connectivity index (χ1n) is 10.8. The summed E-state index contributed by atoms with van der Waals surface area (Å²) in [5, 5.41) is 0. The van der Waals surface area contributed by atoms with Gasteiger partial charge in [-0.25, -0.2) is 0 Å². The number of hydrogen-bond acceptors (Lipinski definition) is 5. The number of rotatable bonds is 6. The van der Waals surface area contributed by atoms with Crippen molar-refractivity contribution in [2.75, 3.05) is 0 Å². The van der Waals surface area contributed by atoms with Crippen LogP contribution in [0.4, 0.5) is 13.2 Å². The molecule has 3 aliphatic rings. The maximum Gasteiger partial charge on any atom is 0.534 e. The van der Waals surface area contributed by atoms with Gasteiger partial charge in [-0.2, -0.15) is 21.6 Å². The lowest BCUT2D eigenvalue weighted by molar-refractivity contribution is -0.120. The summed E-state index contributed by atoms with van der Waals surface area (Å²) in [6.07, 6.45) is 8.31. The monoisotopic (exact) mass is 484 g/mol. The summed E-state index contributed by atoms with van der Waals surface area (Å²) in [6, 6.07) is 10.8. The number of benzene rings is 1. The Bertz CT molecular complexity index is 1070. The fourth-order valence-corrected chi connectivity index (χ4v) is 4.90. The maximum atomic E-state index is 11.9. The second kappa shape index (κ2) is 9.44. The molecule has 0 saturated heterocycles. The minimum atomic E-state index is -5.61. The molecule has 0 heterocycles. The van der Waals surface area contributed by atoms with Crippen molar-refractivity contribution in [2.45, 2.75) is 63.3 Å². The van der Waals surface area contributed by atoms with Crippen LogP contribution >= 0.6 is 0 Å². The minimum absolute atomic E-state index is 0.0134. The van der Waals surface area contributed by atoms with E-state index in [0.717, 1.165) is 18.9 Å². The lowest BCUT2D eigenvalue weighted by Crippen LogP contribution is -2.25. The van der Waals surface area contributed by atoms with Crippen LogP contribution in [0.15, 0.2) is 53.8 Å². The zero-order valence-corrected chi connectivity index (χ0v) is 19.3. The molecular formula is C24H27F3O5S. The Balaban J connectivity index is 0.000000186. The molecule has 4 rings (SSSR count). The van der Waals surface area contributed by atoms with E-state index in [1.807, 2.05) is 0 Å². The molecule has 0 unspecified atom stereocenters. The first-order valence-corrected chi connectivity index (χ1v) is 12.3. The molecule has 180 valence electrons. The van der Waals surface area contributed by atoms with Crippen LogP contribution in [0.25, 0.3) is 0 Å². The largest absolute Gasteiger partial charge is 0.534 e. The Morgan fingerprint density at radius 1 is 0.939 bits per heavy atom. The Hall–Kier alpha value is -2.42. The number of halogens is 3. The molecule has 2 atom stereocenters. The quantitative estimate of drug-likeness (QED) is 0.308. The fraction of sp³-hybridized carbons (Fsp3) is 0.500. The number of ketones is 2. The van der Waals surface area contributed by atoms with Crippen molar-refractivity contribution in [3.8, 4) is 0 Å². The van der Waals surface area contributed by atoms with Crippen LogP contribution < -0.4 is 0 Å². The van der Waals surface area contributed by atoms with Crippen molar-refractivity contribution < 1.29 is 35.4 Å². The highest BCUT2D eigenvalue weighted by Crippen LogP contribution is 2.57. The number of carbonyl (C=O) groups excluding carboxylic acids is 2. The van der Waals surface area contributed by atoms with E-state index >= 15 is 0 Å². The molecule has 1 aromatic carbocycles. The zero-order valence-electron chi connectivity index (χ0n) is 18.5. The zero-order chi connectivity index (χ0) is 24.4. The first kappa shape index (κ1) is 25.2. The number of alkyl halides is 3. The number of allylic oxidation sites excluding steroid dienone is 4. The van der Waals surface area contributed by atoms with Gasteiger partial charge in [0.25, 0.3) is 0 Å². The average Bonchev–Trinajstić information content (AvgIpc) is 3.16. The molecule has 0 N–H and O–H groups in total. The molecular weight excluding hydrogens is 457 g/mol. The summed E-state index contributed by atoms with van der Waals surface area (Å²) < 4.78 is 60.9. The average molecular weight is 485 g/mol. The van der Waals surface area contributed by atoms with Gasteiger partial charge in [-0.3, -0.25) is 9.59 Å². The smallest absolute Gasteiger partial charge is 0.381 e. The van der Waals surface area contributed by atoms with Crippen LogP contribution in [0.1, 0.15) is 57.9 Å². The van der Waals surface area contributed by atoms with Crippen molar-refractivity contribution in [3.05, 3.63) is 59.4 Å². The van der Waals surface area contributed by atoms with Gasteiger partial charge in [0.05, 0.1) is 0 Å². The Morgan fingerprint density at radius 2 is 1.48 bits per heavy atom. The van der Waals surface area contributed by atoms with Crippen LogP contribution in [0.3, 0.4) is 0 Å². The van der Waals surface area contributed by atoms with Gasteiger partial charge < -0.3 is 4.18 Å². The molecule has 0 spiro atoms. The summed E-state index contributed by atoms with van der Waals surface area (Å²) in [5.41, 5.74) is -2.19. The second-order valence-electron chi connectivity index (χ2n) is 8.77. The number of Topliss-reactive ketones (excluding diaryl/α,β-unsaturated/α-hetero) is 2. The van der Waals surface area contributed by atoms with E-state index in [-0.39, 0.29) is 30.3 Å². The van der Waals surface area contributed by atoms with E-state index in [4.69, 9.17) is 0 Å². The van der Waals surface area contributed by atoms with E-state index in [0.29, 0.717) is 11.2 Å². The highest BCUT2D eigenvalue weighted by atomic mass is 32.2. The van der Waals surface area contributed by atoms with Crippen molar-refractivity contribution in [2.24, 2.45) is 11.8 Å². The molecule has 1 aromatic rings. The summed E-state index contributed by atoms with van der Waals surface area (Å²) >= 11 is 0. The first-order chi connectivity index (χ1) is 15.4. The van der Waals surface area contributed by atoms with Crippen molar-refractivity contribution in [1.82, 2.24) is 0 Å². The molecule has 0 amide bonds. The SMILES string of the molecule is CC(=O)[C@H]1C=C(C2(c3ccccc3)CC2)CC1.CC(=O)[C@H]1C=C(OS(=O)(=O)C(F)(F)F)CC1. The van der Waals surface area contributed by atoms with Crippen LogP contribution in [0.2, 0.25) is 0 Å². The van der Waals surface area contributed by atoms with Crippen molar-refractivity contribution in [3.63, 3.8) is 0 Å². The summed E-state index contributed by atoms with van der Waals surface area (Å²) in [6.45, 7) is 2.99. The topological polar surface area (TPSA) is 77.5 Å². The summed E-state index contributed by atoms with van der Waals surface area (Å²) in [5.74, 6) is -0.603. The van der Waals surface area contributed by atoms with Gasteiger partial charge in [-0.05, 0) is 57.6 Å². The Kier molecular flexibility index (Phi) is 7.21. The molecule has 1 saturated carbocycles. The van der Waals surface area contributed by atoms with Gasteiger partial charge in [0.2, 0.25) is 0 Å². The standard InChI is InChI=1S/C16H18O.C8H9F3O4S/c1-12(17)13-7-8-15(11-13)16(9-10-16)14-5-3-2-4-6-14;1-5(12)6-2-3-7(4-6)15-16(13,14)8(9,10)11/h2-6,11,13H,7-10H2,1H3;4,6H,2-3H2,1H3/t13-;6-/m11/s1. The van der Waals surface area contributed by atoms with Crippen molar-refractivity contribution >= 4 is 21.7 Å².